The molecule has 10 heteroatoms. The van der Waals surface area contributed by atoms with Crippen LogP contribution in [0.15, 0.2) is 56.9 Å². The second-order valence-corrected chi connectivity index (χ2v) is 10.9. The Hall–Kier alpha value is -2.82. The highest BCUT2D eigenvalue weighted by Crippen LogP contribution is 2.37. The number of furan rings is 1. The third-order valence-electron chi connectivity index (χ3n) is 5.74. The lowest BCUT2D eigenvalue weighted by atomic mass is 9.91. The molecule has 7 nitrogen and oxygen atoms in total. The molecule has 0 radical (unpaired) electrons. The lowest BCUT2D eigenvalue weighted by molar-refractivity contribution is 0.320. The lowest BCUT2D eigenvalue weighted by Crippen LogP contribution is -2.37. The molecule has 1 fully saturated rings. The maximum Gasteiger partial charge on any atom is 0.252 e. The highest BCUT2D eigenvalue weighted by Gasteiger charge is 2.32. The molecule has 0 atom stereocenters. The molecule has 1 aromatic carbocycles. The molecule has 0 aliphatic carbocycles. The minimum Gasteiger partial charge on any atom is -0.458 e. The number of nitrogens with one attached hydrogen (secondary N) is 1. The quantitative estimate of drug-likeness (QED) is 0.438. The molecule has 1 aliphatic heterocycles. The van der Waals surface area contributed by atoms with Crippen molar-refractivity contribution < 1.29 is 17.2 Å². The van der Waals surface area contributed by atoms with Crippen molar-refractivity contribution in [1.82, 2.24) is 14.3 Å². The molecule has 0 amide bonds. The van der Waals surface area contributed by atoms with Crippen molar-refractivity contribution in [2.45, 2.75) is 29.9 Å². The van der Waals surface area contributed by atoms with Crippen LogP contribution in [0.2, 0.25) is 0 Å². The number of fused-ring (bicyclic) bond motifs is 1. The molecule has 0 saturated carbocycles. The van der Waals surface area contributed by atoms with E-state index in [1.165, 1.54) is 23.7 Å². The van der Waals surface area contributed by atoms with Crippen molar-refractivity contribution in [1.29, 1.82) is 0 Å². The number of thiophene rings is 1. The number of anilines is 2. The van der Waals surface area contributed by atoms with E-state index in [4.69, 9.17) is 4.42 Å². The molecule has 3 aromatic heterocycles. The van der Waals surface area contributed by atoms with Crippen molar-refractivity contribution in [3.8, 4) is 0 Å². The first-order valence-corrected chi connectivity index (χ1v) is 12.5. The van der Waals surface area contributed by atoms with Gasteiger partial charge in [0.15, 0.2) is 11.4 Å². The van der Waals surface area contributed by atoms with Gasteiger partial charge >= 0.3 is 0 Å². The summed E-state index contributed by atoms with van der Waals surface area (Å²) >= 11 is 1.23. The second-order valence-electron chi connectivity index (χ2n) is 7.81. The number of sulfonamides is 1. The van der Waals surface area contributed by atoms with Gasteiger partial charge in [0.25, 0.3) is 10.0 Å². The first-order chi connectivity index (χ1) is 15.4. The van der Waals surface area contributed by atoms with Gasteiger partial charge < -0.3 is 9.73 Å². The summed E-state index contributed by atoms with van der Waals surface area (Å²) in [6.07, 6.45) is 4.41. The van der Waals surface area contributed by atoms with Gasteiger partial charge in [0.2, 0.25) is 0 Å². The van der Waals surface area contributed by atoms with Crippen molar-refractivity contribution in [3.05, 3.63) is 65.2 Å². The summed E-state index contributed by atoms with van der Waals surface area (Å²) in [6, 6.07) is 8.31. The van der Waals surface area contributed by atoms with Crippen LogP contribution in [0.25, 0.3) is 11.1 Å². The van der Waals surface area contributed by atoms with Crippen LogP contribution in [0, 0.1) is 12.7 Å². The average Bonchev–Trinajstić information content (AvgIpc) is 3.47. The van der Waals surface area contributed by atoms with Crippen LogP contribution in [-0.4, -0.2) is 35.8 Å². The van der Waals surface area contributed by atoms with Gasteiger partial charge in [0.05, 0.1) is 12.0 Å². The normalized spacial score (nSPS) is 15.9. The summed E-state index contributed by atoms with van der Waals surface area (Å²) in [6.45, 7) is 2.69. The van der Waals surface area contributed by atoms with E-state index in [0.717, 1.165) is 11.1 Å². The summed E-state index contributed by atoms with van der Waals surface area (Å²) in [7, 11) is -3.44. The third kappa shape index (κ3) is 3.78. The van der Waals surface area contributed by atoms with Crippen LogP contribution in [0.5, 0.6) is 0 Å². The van der Waals surface area contributed by atoms with Crippen LogP contribution >= 0.6 is 11.3 Å². The van der Waals surface area contributed by atoms with Gasteiger partial charge in [-0.15, -0.1) is 11.3 Å². The zero-order chi connectivity index (χ0) is 22.3. The number of piperidine rings is 1. The first-order valence-electron chi connectivity index (χ1n) is 10.2. The third-order valence-corrected chi connectivity index (χ3v) is 9.01. The first kappa shape index (κ1) is 21.0. The zero-order valence-corrected chi connectivity index (χ0v) is 18.9. The standard InChI is InChI=1S/C22H21FN4O3S2/c1-14-4-5-18(17(23)11-14)26-22-21-20(24-13-25-22)16(12-30-21)15-6-8-27(9-7-15)32(28,29)19-3-2-10-31-19/h2-5,10-13,15H,6-9H2,1H3,(H,24,25,26). The van der Waals surface area contributed by atoms with E-state index < -0.39 is 10.0 Å². The molecule has 166 valence electrons. The lowest BCUT2D eigenvalue weighted by Gasteiger charge is -2.30. The van der Waals surface area contributed by atoms with Gasteiger partial charge in [-0.1, -0.05) is 12.1 Å². The summed E-state index contributed by atoms with van der Waals surface area (Å²) in [4.78, 5) is 8.62. The number of hydrogen-bond acceptors (Lipinski definition) is 7. The van der Waals surface area contributed by atoms with E-state index in [2.05, 4.69) is 15.3 Å². The van der Waals surface area contributed by atoms with Gasteiger partial charge in [0, 0.05) is 18.7 Å². The summed E-state index contributed by atoms with van der Waals surface area (Å²) in [5.74, 6) is 0.134. The predicted molar refractivity (Wildman–Crippen MR) is 121 cm³/mol. The van der Waals surface area contributed by atoms with Crippen LogP contribution in [0.1, 0.15) is 29.9 Å². The van der Waals surface area contributed by atoms with Crippen LogP contribution < -0.4 is 5.32 Å². The Morgan fingerprint density at radius 3 is 2.75 bits per heavy atom. The summed E-state index contributed by atoms with van der Waals surface area (Å²) in [5, 5.41) is 4.76. The van der Waals surface area contributed by atoms with Gasteiger partial charge in [-0.25, -0.2) is 22.8 Å². The Morgan fingerprint density at radius 1 is 1.22 bits per heavy atom. The van der Waals surface area contributed by atoms with Gasteiger partial charge in [-0.2, -0.15) is 4.31 Å². The van der Waals surface area contributed by atoms with E-state index in [-0.39, 0.29) is 11.7 Å². The largest absolute Gasteiger partial charge is 0.458 e. The van der Waals surface area contributed by atoms with E-state index in [1.54, 1.807) is 34.1 Å². The molecule has 1 saturated heterocycles. The minimum absolute atomic E-state index is 0.116. The maximum absolute atomic E-state index is 14.3. The molecule has 5 rings (SSSR count). The number of nitrogens with zero attached hydrogens (tertiary/aromatic N) is 3. The Bertz CT molecular complexity index is 1360. The molecule has 1 aliphatic rings. The number of halogens is 1. The second kappa shape index (κ2) is 8.27. The Labute approximate surface area is 189 Å². The van der Waals surface area contributed by atoms with Crippen LogP contribution in [0.4, 0.5) is 15.9 Å². The van der Waals surface area contributed by atoms with Crippen molar-refractivity contribution in [2.24, 2.45) is 0 Å². The van der Waals surface area contributed by atoms with Crippen LogP contribution in [0.3, 0.4) is 0 Å². The summed E-state index contributed by atoms with van der Waals surface area (Å²) in [5.41, 5.74) is 3.17. The van der Waals surface area contributed by atoms with Crippen molar-refractivity contribution in [2.75, 3.05) is 18.4 Å². The minimum atomic E-state index is -3.44. The monoisotopic (exact) mass is 472 g/mol. The van der Waals surface area contributed by atoms with Crippen molar-refractivity contribution in [3.63, 3.8) is 0 Å². The van der Waals surface area contributed by atoms with Gasteiger partial charge in [-0.05, 0) is 54.8 Å². The number of rotatable bonds is 5. The molecular weight excluding hydrogens is 451 g/mol. The highest BCUT2D eigenvalue weighted by atomic mass is 32.2. The fourth-order valence-corrected chi connectivity index (χ4v) is 6.66. The SMILES string of the molecule is Cc1ccc(Nc2ncnc3c(C4CCN(S(=O)(=O)c5cccs5)CC4)coc23)c(F)c1. The van der Waals surface area contributed by atoms with E-state index >= 15 is 0 Å². The number of benzene rings is 1. The van der Waals surface area contributed by atoms with E-state index in [0.29, 0.717) is 52.7 Å². The average molecular weight is 473 g/mol. The van der Waals surface area contributed by atoms with Gasteiger partial charge in [0.1, 0.15) is 21.9 Å². The van der Waals surface area contributed by atoms with Gasteiger partial charge in [-0.3, -0.25) is 0 Å². The predicted octanol–water partition coefficient (Wildman–Crippen LogP) is 5.04. The molecule has 32 heavy (non-hydrogen) atoms. The van der Waals surface area contributed by atoms with Crippen molar-refractivity contribution >= 4 is 44.0 Å². The molecular formula is C22H21FN4O3S2. The van der Waals surface area contributed by atoms with Crippen LogP contribution in [-0.2, 0) is 10.0 Å². The number of aromatic nitrogens is 2. The molecule has 1 N–H and O–H groups in total. The molecule has 0 bridgehead atoms. The summed E-state index contributed by atoms with van der Waals surface area (Å²) < 4.78 is 47.5. The topological polar surface area (TPSA) is 88.3 Å². The number of hydrogen-bond donors (Lipinski definition) is 1. The zero-order valence-electron chi connectivity index (χ0n) is 17.3. The smallest absolute Gasteiger partial charge is 0.252 e. The Morgan fingerprint density at radius 2 is 2.03 bits per heavy atom. The highest BCUT2D eigenvalue weighted by molar-refractivity contribution is 7.91. The maximum atomic E-state index is 14.3. The van der Waals surface area contributed by atoms with E-state index in [9.17, 15) is 12.8 Å². The molecule has 4 aromatic rings. The Kier molecular flexibility index (Phi) is 5.44. The molecule has 0 unspecified atom stereocenters. The molecule has 4 heterocycles. The van der Waals surface area contributed by atoms with E-state index in [1.807, 2.05) is 13.0 Å². The molecule has 0 spiro atoms. The Balaban J connectivity index is 1.37. The fraction of sp³-hybridized carbons (Fsp3) is 0.273. The number of aryl methyl sites for hydroxylation is 1. The fourth-order valence-electron chi connectivity index (χ4n) is 4.04.